The molecule has 2 unspecified atom stereocenters. The van der Waals surface area contributed by atoms with Gasteiger partial charge in [0.05, 0.1) is 0 Å². The van der Waals surface area contributed by atoms with Crippen LogP contribution in [0.5, 0.6) is 11.5 Å². The van der Waals surface area contributed by atoms with E-state index in [9.17, 15) is 9.13 Å². The van der Waals surface area contributed by atoms with Crippen molar-refractivity contribution in [2.75, 3.05) is 0 Å². The molecule has 0 fully saturated rings. The smallest absolute Gasteiger partial charge is 0.457 e. The number of ether oxygens (including phenoxy) is 1. The SMILES string of the molecule is O=[P+](O)O[P+](=O)O.c1ccc(Oc2ccccc2)cc1. The third kappa shape index (κ3) is 7.69. The maximum atomic E-state index is 9.39. The molecule has 6 nitrogen and oxygen atoms in total. The topological polar surface area (TPSA) is 93.1 Å². The summed E-state index contributed by atoms with van der Waals surface area (Å²) in [5.41, 5.74) is 0. The van der Waals surface area contributed by atoms with Gasteiger partial charge in [-0.3, -0.25) is 0 Å². The molecule has 0 aromatic heterocycles. The van der Waals surface area contributed by atoms with E-state index in [0.717, 1.165) is 11.5 Å². The summed E-state index contributed by atoms with van der Waals surface area (Å²) in [4.78, 5) is 15.3. The largest absolute Gasteiger partial charge is 0.745 e. The van der Waals surface area contributed by atoms with Crippen molar-refractivity contribution in [3.63, 3.8) is 0 Å². The van der Waals surface area contributed by atoms with Crippen LogP contribution >= 0.6 is 16.5 Å². The lowest BCUT2D eigenvalue weighted by molar-refractivity contribution is 0.371. The molecule has 2 atom stereocenters. The average Bonchev–Trinajstić information content (AvgIpc) is 2.40. The highest BCUT2D eigenvalue weighted by Crippen LogP contribution is 2.30. The maximum Gasteiger partial charge on any atom is 0.745 e. The van der Waals surface area contributed by atoms with Crippen molar-refractivity contribution >= 4 is 16.5 Å². The van der Waals surface area contributed by atoms with Crippen molar-refractivity contribution in [1.82, 2.24) is 0 Å². The van der Waals surface area contributed by atoms with Gasteiger partial charge in [0.2, 0.25) is 0 Å². The van der Waals surface area contributed by atoms with Crippen LogP contribution < -0.4 is 4.74 Å². The quantitative estimate of drug-likeness (QED) is 0.834. The lowest BCUT2D eigenvalue weighted by Crippen LogP contribution is -1.81. The summed E-state index contributed by atoms with van der Waals surface area (Å²) in [6.07, 6.45) is 0. The van der Waals surface area contributed by atoms with Gasteiger partial charge in [0, 0.05) is 9.13 Å². The van der Waals surface area contributed by atoms with Crippen LogP contribution in [0.3, 0.4) is 0 Å². The minimum absolute atomic E-state index is 0.869. The summed E-state index contributed by atoms with van der Waals surface area (Å²) in [6, 6.07) is 19.5. The van der Waals surface area contributed by atoms with Crippen LogP contribution in [0.4, 0.5) is 0 Å². The second kappa shape index (κ2) is 9.26. The molecule has 0 aliphatic rings. The van der Waals surface area contributed by atoms with Crippen molar-refractivity contribution < 1.29 is 28.0 Å². The van der Waals surface area contributed by atoms with Crippen molar-refractivity contribution in [1.29, 1.82) is 0 Å². The molecule has 0 spiro atoms. The van der Waals surface area contributed by atoms with Crippen LogP contribution in [0.2, 0.25) is 0 Å². The summed E-state index contributed by atoms with van der Waals surface area (Å²) < 4.78 is 27.7. The Bertz CT molecular complexity index is 497. The Kier molecular flexibility index (Phi) is 7.58. The highest BCUT2D eigenvalue weighted by molar-refractivity contribution is 7.46. The molecule has 0 aliphatic carbocycles. The molecule has 2 aromatic rings. The average molecular weight is 314 g/mol. The first-order valence-corrected chi connectivity index (χ1v) is 7.62. The van der Waals surface area contributed by atoms with Crippen LogP contribution in [0, 0.1) is 0 Å². The molecule has 0 radical (unpaired) electrons. The fourth-order valence-corrected chi connectivity index (χ4v) is 1.65. The summed E-state index contributed by atoms with van der Waals surface area (Å²) in [6.45, 7) is 0. The van der Waals surface area contributed by atoms with Crippen molar-refractivity contribution in [3.05, 3.63) is 60.7 Å². The van der Waals surface area contributed by atoms with Gasteiger partial charge in [0.15, 0.2) is 4.31 Å². The van der Waals surface area contributed by atoms with Gasteiger partial charge in [-0.15, -0.1) is 9.79 Å². The molecule has 2 N–H and O–H groups in total. The zero-order valence-corrected chi connectivity index (χ0v) is 12.0. The van der Waals surface area contributed by atoms with E-state index in [4.69, 9.17) is 14.5 Å². The fraction of sp³-hybridized carbons (Fsp3) is 0. The molecule has 0 amide bonds. The van der Waals surface area contributed by atoms with Gasteiger partial charge in [-0.25, -0.2) is 0 Å². The maximum absolute atomic E-state index is 9.39. The van der Waals surface area contributed by atoms with E-state index in [1.165, 1.54) is 0 Å². The molecule has 0 saturated carbocycles. The van der Waals surface area contributed by atoms with Gasteiger partial charge in [0.1, 0.15) is 11.5 Å². The molecule has 0 bridgehead atoms. The van der Waals surface area contributed by atoms with Crippen molar-refractivity contribution in [3.8, 4) is 11.5 Å². The van der Waals surface area contributed by atoms with Gasteiger partial charge in [0.25, 0.3) is 0 Å². The van der Waals surface area contributed by atoms with Gasteiger partial charge in [-0.1, -0.05) is 36.4 Å². The summed E-state index contributed by atoms with van der Waals surface area (Å²) in [5, 5.41) is 0. The third-order valence-corrected chi connectivity index (χ3v) is 2.98. The molecule has 2 rings (SSSR count). The van der Waals surface area contributed by atoms with Gasteiger partial charge >= 0.3 is 16.5 Å². The third-order valence-electron chi connectivity index (χ3n) is 1.86. The molecule has 20 heavy (non-hydrogen) atoms. The number of hydrogen-bond donors (Lipinski definition) is 2. The number of para-hydroxylation sites is 2. The van der Waals surface area contributed by atoms with E-state index < -0.39 is 16.5 Å². The number of benzene rings is 2. The summed E-state index contributed by atoms with van der Waals surface area (Å²) in [5.74, 6) is 1.74. The first-order chi connectivity index (χ1) is 9.58. The number of hydrogen-bond acceptors (Lipinski definition) is 4. The van der Waals surface area contributed by atoms with Gasteiger partial charge in [-0.05, 0) is 24.3 Å². The number of rotatable bonds is 4. The minimum atomic E-state index is -2.92. The van der Waals surface area contributed by atoms with Crippen LogP contribution in [-0.2, 0) is 13.4 Å². The Morgan fingerprint density at radius 1 is 0.700 bits per heavy atom. The van der Waals surface area contributed by atoms with Crippen molar-refractivity contribution in [2.24, 2.45) is 0 Å². The standard InChI is InChI=1S/C12H10O.O5P2/c1-3-7-11(8-4-1)13-12-9-5-2-6-10-12;1-6(2)5-7(3)4/h1-10H;/p+2. The van der Waals surface area contributed by atoms with Crippen LogP contribution in [-0.4, -0.2) is 9.79 Å². The van der Waals surface area contributed by atoms with Gasteiger partial charge in [-0.2, -0.15) is 0 Å². The monoisotopic (exact) mass is 314 g/mol. The minimum Gasteiger partial charge on any atom is -0.457 e. The first-order valence-electron chi connectivity index (χ1n) is 5.36. The van der Waals surface area contributed by atoms with Crippen molar-refractivity contribution in [2.45, 2.75) is 0 Å². The van der Waals surface area contributed by atoms with E-state index in [1.807, 2.05) is 60.7 Å². The fourth-order valence-electron chi connectivity index (χ4n) is 1.17. The Morgan fingerprint density at radius 2 is 1.05 bits per heavy atom. The Hall–Kier alpha value is -1.68. The predicted molar refractivity (Wildman–Crippen MR) is 73.7 cm³/mol. The molecular formula is C12H12O6P2+2. The molecule has 0 heterocycles. The van der Waals surface area contributed by atoms with Crippen LogP contribution in [0.25, 0.3) is 0 Å². The van der Waals surface area contributed by atoms with E-state index >= 15 is 0 Å². The molecular weight excluding hydrogens is 302 g/mol. The predicted octanol–water partition coefficient (Wildman–Crippen LogP) is 3.78. The Morgan fingerprint density at radius 3 is 1.30 bits per heavy atom. The van der Waals surface area contributed by atoms with E-state index in [2.05, 4.69) is 4.31 Å². The molecule has 0 aliphatic heterocycles. The molecule has 8 heteroatoms. The normalized spacial score (nSPS) is 10.9. The van der Waals surface area contributed by atoms with Crippen LogP contribution in [0.15, 0.2) is 60.7 Å². The second-order valence-corrected chi connectivity index (χ2v) is 4.89. The van der Waals surface area contributed by atoms with E-state index in [0.29, 0.717) is 0 Å². The zero-order chi connectivity index (χ0) is 14.8. The molecule has 2 aromatic carbocycles. The lowest BCUT2D eigenvalue weighted by atomic mass is 10.3. The lowest BCUT2D eigenvalue weighted by Gasteiger charge is -2.03. The summed E-state index contributed by atoms with van der Waals surface area (Å²) in [7, 11) is -5.85. The molecule has 104 valence electrons. The van der Waals surface area contributed by atoms with Gasteiger partial charge < -0.3 is 4.74 Å². The molecule has 0 saturated heterocycles. The summed E-state index contributed by atoms with van der Waals surface area (Å²) >= 11 is 0. The zero-order valence-electron chi connectivity index (χ0n) is 10.2. The highest BCUT2D eigenvalue weighted by atomic mass is 31.2. The van der Waals surface area contributed by atoms with E-state index in [1.54, 1.807) is 0 Å². The van der Waals surface area contributed by atoms with E-state index in [-0.39, 0.29) is 0 Å². The Balaban J connectivity index is 0.000000246. The first kappa shape index (κ1) is 16.4. The Labute approximate surface area is 117 Å². The second-order valence-electron chi connectivity index (χ2n) is 3.29. The highest BCUT2D eigenvalue weighted by Gasteiger charge is 2.31. The van der Waals surface area contributed by atoms with Crippen LogP contribution in [0.1, 0.15) is 0 Å².